The number of hydrogen-bond acceptors (Lipinski definition) is 4. The molecule has 2 aromatic rings. The molecule has 1 aromatic heterocycles. The van der Waals surface area contributed by atoms with Gasteiger partial charge in [0, 0.05) is 14.4 Å². The van der Waals surface area contributed by atoms with Gasteiger partial charge in [-0.15, -0.1) is 11.3 Å². The molecule has 0 bridgehead atoms. The van der Waals surface area contributed by atoms with Crippen LogP contribution >= 0.6 is 38.9 Å². The number of carbonyl (C=O) groups is 1. The highest BCUT2D eigenvalue weighted by Crippen LogP contribution is 2.22. The lowest BCUT2D eigenvalue weighted by Gasteiger charge is -2.06. The van der Waals surface area contributed by atoms with E-state index >= 15 is 0 Å². The van der Waals surface area contributed by atoms with Crippen molar-refractivity contribution in [2.24, 2.45) is 5.14 Å². The fraction of sp³-hybridized carbons (Fsp3) is 0.0833. The summed E-state index contributed by atoms with van der Waals surface area (Å²) in [5, 5.41) is 8.25. The lowest BCUT2D eigenvalue weighted by atomic mass is 10.2. The third kappa shape index (κ3) is 4.27. The number of benzene rings is 1. The highest BCUT2D eigenvalue weighted by atomic mass is 79.9. The van der Waals surface area contributed by atoms with Crippen LogP contribution in [0.1, 0.15) is 15.2 Å². The number of primary sulfonamides is 1. The molecular formula is C12H10BrClN2O3S2. The Hall–Kier alpha value is -0.930. The van der Waals surface area contributed by atoms with E-state index in [0.717, 1.165) is 11.3 Å². The Morgan fingerprint density at radius 1 is 1.33 bits per heavy atom. The second-order valence-electron chi connectivity index (χ2n) is 4.07. The molecule has 0 fully saturated rings. The summed E-state index contributed by atoms with van der Waals surface area (Å²) >= 11 is 10.1. The maximum atomic E-state index is 12.0. The molecule has 2 rings (SSSR count). The van der Waals surface area contributed by atoms with Crippen LogP contribution in [-0.4, -0.2) is 14.3 Å². The van der Waals surface area contributed by atoms with Crippen LogP contribution in [0.4, 0.5) is 0 Å². The van der Waals surface area contributed by atoms with Crippen molar-refractivity contribution in [1.82, 2.24) is 5.32 Å². The predicted octanol–water partition coefficient (Wildman–Crippen LogP) is 2.74. The van der Waals surface area contributed by atoms with Crippen molar-refractivity contribution in [1.29, 1.82) is 0 Å². The van der Waals surface area contributed by atoms with Crippen molar-refractivity contribution in [2.75, 3.05) is 0 Å². The largest absolute Gasteiger partial charge is 0.347 e. The van der Waals surface area contributed by atoms with Crippen LogP contribution in [0.15, 0.2) is 39.0 Å². The van der Waals surface area contributed by atoms with E-state index in [1.54, 1.807) is 24.3 Å². The topological polar surface area (TPSA) is 89.3 Å². The van der Waals surface area contributed by atoms with E-state index in [2.05, 4.69) is 21.2 Å². The molecule has 1 aromatic carbocycles. The molecule has 0 spiro atoms. The average molecular weight is 410 g/mol. The van der Waals surface area contributed by atoms with E-state index in [0.29, 0.717) is 19.9 Å². The Morgan fingerprint density at radius 3 is 2.62 bits per heavy atom. The maximum Gasteiger partial charge on any atom is 0.252 e. The van der Waals surface area contributed by atoms with Crippen LogP contribution in [0.3, 0.4) is 0 Å². The van der Waals surface area contributed by atoms with Crippen LogP contribution in [-0.2, 0) is 16.6 Å². The molecule has 9 heteroatoms. The van der Waals surface area contributed by atoms with Gasteiger partial charge in [-0.2, -0.15) is 0 Å². The Bertz CT molecular complexity index is 790. The van der Waals surface area contributed by atoms with Gasteiger partial charge in [0.25, 0.3) is 5.91 Å². The first-order chi connectivity index (χ1) is 9.77. The number of nitrogens with one attached hydrogen (secondary N) is 1. The normalized spacial score (nSPS) is 11.4. The van der Waals surface area contributed by atoms with Gasteiger partial charge >= 0.3 is 0 Å². The first-order valence-electron chi connectivity index (χ1n) is 5.62. The lowest BCUT2D eigenvalue weighted by Crippen LogP contribution is -2.22. The number of amides is 1. The molecule has 0 aliphatic heterocycles. The van der Waals surface area contributed by atoms with Crippen molar-refractivity contribution in [3.63, 3.8) is 0 Å². The van der Waals surface area contributed by atoms with E-state index in [9.17, 15) is 13.2 Å². The van der Waals surface area contributed by atoms with Crippen LogP contribution < -0.4 is 10.5 Å². The van der Waals surface area contributed by atoms with E-state index in [1.807, 2.05) is 0 Å². The number of nitrogens with two attached hydrogens (primary N) is 1. The SMILES string of the molecule is NS(=O)(=O)c1ccc(CNC(=O)c2ccc(Cl)cc2Br)s1. The van der Waals surface area contributed by atoms with Gasteiger partial charge in [-0.05, 0) is 46.3 Å². The first-order valence-corrected chi connectivity index (χ1v) is 9.15. The molecule has 0 unspecified atom stereocenters. The summed E-state index contributed by atoms with van der Waals surface area (Å²) in [5.74, 6) is -0.288. The molecule has 0 aliphatic carbocycles. The molecule has 0 saturated heterocycles. The van der Waals surface area contributed by atoms with Gasteiger partial charge in [0.1, 0.15) is 4.21 Å². The molecule has 5 nitrogen and oxygen atoms in total. The molecule has 0 aliphatic rings. The number of hydrogen-bond donors (Lipinski definition) is 2. The first kappa shape index (κ1) is 16.4. The van der Waals surface area contributed by atoms with Crippen LogP contribution in [0.2, 0.25) is 5.02 Å². The Balaban J connectivity index is 2.06. The standard InChI is InChI=1S/C12H10BrClN2O3S2/c13-10-5-7(14)1-3-9(10)12(17)16-6-8-2-4-11(20-8)21(15,18)19/h1-5H,6H2,(H,16,17)(H2,15,18,19). The molecule has 0 radical (unpaired) electrons. The van der Waals surface area contributed by atoms with Gasteiger partial charge in [0.15, 0.2) is 0 Å². The third-order valence-corrected chi connectivity index (χ3v) is 5.93. The van der Waals surface area contributed by atoms with Gasteiger partial charge in [-0.3, -0.25) is 4.79 Å². The van der Waals surface area contributed by atoms with Gasteiger partial charge in [-0.1, -0.05) is 11.6 Å². The molecule has 1 heterocycles. The molecule has 112 valence electrons. The fourth-order valence-corrected chi connectivity index (χ4v) is 4.12. The predicted molar refractivity (Wildman–Crippen MR) is 86.0 cm³/mol. The van der Waals surface area contributed by atoms with Crippen LogP contribution in [0.25, 0.3) is 0 Å². The smallest absolute Gasteiger partial charge is 0.252 e. The molecule has 21 heavy (non-hydrogen) atoms. The zero-order valence-corrected chi connectivity index (χ0v) is 14.4. The third-order valence-electron chi connectivity index (χ3n) is 2.52. The molecule has 0 saturated carbocycles. The molecule has 0 atom stereocenters. The van der Waals surface area contributed by atoms with Gasteiger partial charge in [0.05, 0.1) is 12.1 Å². The van der Waals surface area contributed by atoms with Crippen LogP contribution in [0, 0.1) is 0 Å². The zero-order valence-electron chi connectivity index (χ0n) is 10.5. The van der Waals surface area contributed by atoms with E-state index in [-0.39, 0.29) is 16.7 Å². The van der Waals surface area contributed by atoms with Crippen molar-refractivity contribution >= 4 is 54.8 Å². The quantitative estimate of drug-likeness (QED) is 0.813. The minimum Gasteiger partial charge on any atom is -0.347 e. The number of sulfonamides is 1. The van der Waals surface area contributed by atoms with Crippen molar-refractivity contribution in [3.8, 4) is 0 Å². The maximum absolute atomic E-state index is 12.0. The molecule has 3 N–H and O–H groups in total. The summed E-state index contributed by atoms with van der Waals surface area (Å²) in [7, 11) is -3.70. The lowest BCUT2D eigenvalue weighted by molar-refractivity contribution is 0.0950. The van der Waals surface area contributed by atoms with E-state index in [1.165, 1.54) is 6.07 Å². The van der Waals surface area contributed by atoms with Crippen molar-refractivity contribution in [3.05, 3.63) is 50.3 Å². The Morgan fingerprint density at radius 2 is 2.05 bits per heavy atom. The summed E-state index contributed by atoms with van der Waals surface area (Å²) in [5.41, 5.74) is 0.447. The van der Waals surface area contributed by atoms with Crippen LogP contribution in [0.5, 0.6) is 0 Å². The van der Waals surface area contributed by atoms with Gasteiger partial charge in [0.2, 0.25) is 10.0 Å². The zero-order chi connectivity index (χ0) is 15.6. The number of halogens is 2. The number of thiophene rings is 1. The van der Waals surface area contributed by atoms with E-state index in [4.69, 9.17) is 16.7 Å². The highest BCUT2D eigenvalue weighted by molar-refractivity contribution is 9.10. The van der Waals surface area contributed by atoms with Crippen molar-refractivity contribution < 1.29 is 13.2 Å². The Labute approximate surface area is 139 Å². The number of rotatable bonds is 4. The van der Waals surface area contributed by atoms with E-state index < -0.39 is 10.0 Å². The van der Waals surface area contributed by atoms with Crippen molar-refractivity contribution in [2.45, 2.75) is 10.8 Å². The minimum absolute atomic E-state index is 0.0689. The molecular weight excluding hydrogens is 400 g/mol. The minimum atomic E-state index is -3.70. The summed E-state index contributed by atoms with van der Waals surface area (Å²) in [6.45, 7) is 0.216. The summed E-state index contributed by atoms with van der Waals surface area (Å²) in [6.07, 6.45) is 0. The second-order valence-corrected chi connectivity index (χ2v) is 8.32. The van der Waals surface area contributed by atoms with Gasteiger partial charge in [-0.25, -0.2) is 13.6 Å². The molecule has 1 amide bonds. The number of carbonyl (C=O) groups excluding carboxylic acids is 1. The summed E-state index contributed by atoms with van der Waals surface area (Å²) < 4.78 is 23.0. The Kier molecular flexibility index (Phi) is 5.05. The average Bonchev–Trinajstić information content (AvgIpc) is 2.84. The fourth-order valence-electron chi connectivity index (χ4n) is 1.54. The highest BCUT2D eigenvalue weighted by Gasteiger charge is 2.13. The summed E-state index contributed by atoms with van der Waals surface area (Å²) in [6, 6.07) is 7.87. The summed E-state index contributed by atoms with van der Waals surface area (Å²) in [4.78, 5) is 12.7. The second kappa shape index (κ2) is 6.45. The monoisotopic (exact) mass is 408 g/mol. The van der Waals surface area contributed by atoms with Gasteiger partial charge < -0.3 is 5.32 Å².